The van der Waals surface area contributed by atoms with Crippen molar-refractivity contribution in [3.63, 3.8) is 0 Å². The largest absolute Gasteiger partial charge is 0.336 e. The molecule has 116 valence electrons. The molecule has 0 saturated carbocycles. The van der Waals surface area contributed by atoms with E-state index in [-0.39, 0.29) is 17.9 Å². The average molecular weight is 319 g/mol. The lowest BCUT2D eigenvalue weighted by molar-refractivity contribution is 0.197. The van der Waals surface area contributed by atoms with Crippen LogP contribution in [0.5, 0.6) is 0 Å². The number of hydrogen-bond donors (Lipinski definition) is 2. The minimum Gasteiger partial charge on any atom is -0.336 e. The summed E-state index contributed by atoms with van der Waals surface area (Å²) in [5, 5.41) is 10.2. The highest BCUT2D eigenvalue weighted by molar-refractivity contribution is 7.07. The number of carbonyl (C=O) groups excluding carboxylic acids is 1. The summed E-state index contributed by atoms with van der Waals surface area (Å²) < 4.78 is 13.2. The molecule has 6 heteroatoms. The lowest BCUT2D eigenvalue weighted by atomic mass is 10.1. The molecule has 0 spiro atoms. The SMILES string of the molecule is CNC(CNC(=O)N1Cc2ccc(F)cc2C1)c1ccsc1. The van der Waals surface area contributed by atoms with E-state index in [1.54, 1.807) is 22.3 Å². The van der Waals surface area contributed by atoms with Crippen LogP contribution in [0.15, 0.2) is 35.0 Å². The second kappa shape index (κ2) is 6.46. The molecular formula is C16H18FN3OS. The Labute approximate surface area is 132 Å². The van der Waals surface area contributed by atoms with Gasteiger partial charge < -0.3 is 15.5 Å². The Morgan fingerprint density at radius 3 is 2.91 bits per heavy atom. The van der Waals surface area contributed by atoms with Crippen LogP contribution in [0.4, 0.5) is 9.18 Å². The molecule has 2 amide bonds. The number of fused-ring (bicyclic) bond motifs is 1. The third-order valence-corrected chi connectivity index (χ3v) is 4.63. The number of carbonyl (C=O) groups is 1. The minimum absolute atomic E-state index is 0.0950. The topological polar surface area (TPSA) is 44.4 Å². The van der Waals surface area contributed by atoms with Crippen molar-refractivity contribution >= 4 is 17.4 Å². The van der Waals surface area contributed by atoms with Gasteiger partial charge in [-0.25, -0.2) is 9.18 Å². The monoisotopic (exact) mass is 319 g/mol. The number of nitrogens with zero attached hydrogens (tertiary/aromatic N) is 1. The summed E-state index contributed by atoms with van der Waals surface area (Å²) in [7, 11) is 1.88. The molecule has 22 heavy (non-hydrogen) atoms. The Morgan fingerprint density at radius 2 is 2.18 bits per heavy atom. The Balaban J connectivity index is 1.57. The van der Waals surface area contributed by atoms with Crippen LogP contribution in [0.25, 0.3) is 0 Å². The maximum absolute atomic E-state index is 13.2. The molecule has 2 aromatic rings. The van der Waals surface area contributed by atoms with Gasteiger partial charge in [0.2, 0.25) is 0 Å². The molecule has 1 atom stereocenters. The Hall–Kier alpha value is -1.92. The van der Waals surface area contributed by atoms with Gasteiger partial charge in [-0.15, -0.1) is 0 Å². The highest BCUT2D eigenvalue weighted by Crippen LogP contribution is 2.23. The minimum atomic E-state index is -0.256. The van der Waals surface area contributed by atoms with E-state index in [0.717, 1.165) is 11.1 Å². The quantitative estimate of drug-likeness (QED) is 0.910. The fourth-order valence-corrected chi connectivity index (χ4v) is 3.38. The van der Waals surface area contributed by atoms with Crippen LogP contribution in [-0.4, -0.2) is 24.5 Å². The third-order valence-electron chi connectivity index (χ3n) is 3.93. The van der Waals surface area contributed by atoms with E-state index in [2.05, 4.69) is 16.0 Å². The van der Waals surface area contributed by atoms with Crippen molar-refractivity contribution in [3.05, 3.63) is 57.5 Å². The molecule has 4 nitrogen and oxygen atoms in total. The van der Waals surface area contributed by atoms with Gasteiger partial charge in [0.15, 0.2) is 0 Å². The van der Waals surface area contributed by atoms with E-state index < -0.39 is 0 Å². The van der Waals surface area contributed by atoms with E-state index in [0.29, 0.717) is 19.6 Å². The first kappa shape index (κ1) is 15.0. The van der Waals surface area contributed by atoms with Crippen LogP contribution in [0.3, 0.4) is 0 Å². The normalized spacial score (nSPS) is 14.7. The molecular weight excluding hydrogens is 301 g/mol. The van der Waals surface area contributed by atoms with Crippen LogP contribution in [0.2, 0.25) is 0 Å². The van der Waals surface area contributed by atoms with Crippen molar-refractivity contribution in [1.82, 2.24) is 15.5 Å². The van der Waals surface area contributed by atoms with Gasteiger partial charge in [-0.2, -0.15) is 11.3 Å². The van der Waals surface area contributed by atoms with Gasteiger partial charge in [0.05, 0.1) is 6.04 Å². The summed E-state index contributed by atoms with van der Waals surface area (Å²) in [4.78, 5) is 14.0. The predicted molar refractivity (Wildman–Crippen MR) is 85.2 cm³/mol. The molecule has 0 bridgehead atoms. The third kappa shape index (κ3) is 3.13. The van der Waals surface area contributed by atoms with Crippen LogP contribution < -0.4 is 10.6 Å². The van der Waals surface area contributed by atoms with Gasteiger partial charge in [-0.05, 0) is 52.7 Å². The summed E-state index contributed by atoms with van der Waals surface area (Å²) in [5.74, 6) is -0.256. The van der Waals surface area contributed by atoms with Crippen LogP contribution >= 0.6 is 11.3 Å². The molecule has 1 aliphatic rings. The van der Waals surface area contributed by atoms with E-state index in [4.69, 9.17) is 0 Å². The van der Waals surface area contributed by atoms with Gasteiger partial charge in [0.25, 0.3) is 0 Å². The van der Waals surface area contributed by atoms with Gasteiger partial charge >= 0.3 is 6.03 Å². The summed E-state index contributed by atoms with van der Waals surface area (Å²) in [6.07, 6.45) is 0. The summed E-state index contributed by atoms with van der Waals surface area (Å²) in [5.41, 5.74) is 3.07. The van der Waals surface area contributed by atoms with Crippen molar-refractivity contribution in [3.8, 4) is 0 Å². The first-order valence-electron chi connectivity index (χ1n) is 7.17. The number of halogens is 1. The molecule has 1 aromatic heterocycles. The van der Waals surface area contributed by atoms with Crippen molar-refractivity contribution in [2.24, 2.45) is 0 Å². The molecule has 0 aliphatic carbocycles. The lowest BCUT2D eigenvalue weighted by Gasteiger charge is -2.20. The number of likely N-dealkylation sites (N-methyl/N-ethyl adjacent to an activating group) is 1. The second-order valence-electron chi connectivity index (χ2n) is 5.35. The standard InChI is InChI=1S/C16H18FN3OS/c1-18-15(12-4-5-22-10-12)7-19-16(21)20-8-11-2-3-14(17)6-13(11)9-20/h2-6,10,15,18H,7-9H2,1H3,(H,19,21). The Bertz CT molecular complexity index is 659. The maximum Gasteiger partial charge on any atom is 0.318 e. The zero-order valence-electron chi connectivity index (χ0n) is 12.3. The second-order valence-corrected chi connectivity index (χ2v) is 6.13. The predicted octanol–water partition coefficient (Wildman–Crippen LogP) is 2.87. The average Bonchev–Trinajstić information content (AvgIpc) is 3.16. The van der Waals surface area contributed by atoms with Gasteiger partial charge in [-0.3, -0.25) is 0 Å². The molecule has 1 unspecified atom stereocenters. The van der Waals surface area contributed by atoms with Crippen molar-refractivity contribution in [2.75, 3.05) is 13.6 Å². The fraction of sp³-hybridized carbons (Fsp3) is 0.312. The van der Waals surface area contributed by atoms with E-state index in [1.807, 2.05) is 18.5 Å². The highest BCUT2D eigenvalue weighted by Gasteiger charge is 2.24. The number of nitrogens with one attached hydrogen (secondary N) is 2. The summed E-state index contributed by atoms with van der Waals surface area (Å²) >= 11 is 1.64. The van der Waals surface area contributed by atoms with Crippen molar-refractivity contribution in [1.29, 1.82) is 0 Å². The number of hydrogen-bond acceptors (Lipinski definition) is 3. The summed E-state index contributed by atoms with van der Waals surface area (Å²) in [6.45, 7) is 1.51. The molecule has 0 radical (unpaired) electrons. The molecule has 1 aliphatic heterocycles. The van der Waals surface area contributed by atoms with Gasteiger partial charge in [0.1, 0.15) is 5.82 Å². The fourth-order valence-electron chi connectivity index (χ4n) is 2.67. The number of thiophene rings is 1. The molecule has 1 aromatic carbocycles. The molecule has 0 saturated heterocycles. The Morgan fingerprint density at radius 1 is 1.36 bits per heavy atom. The number of urea groups is 1. The number of rotatable bonds is 4. The lowest BCUT2D eigenvalue weighted by Crippen LogP contribution is -2.40. The zero-order chi connectivity index (χ0) is 15.5. The smallest absolute Gasteiger partial charge is 0.318 e. The number of amides is 2. The zero-order valence-corrected chi connectivity index (χ0v) is 13.1. The van der Waals surface area contributed by atoms with Crippen LogP contribution in [-0.2, 0) is 13.1 Å². The molecule has 3 rings (SSSR count). The van der Waals surface area contributed by atoms with Crippen LogP contribution in [0, 0.1) is 5.82 Å². The number of benzene rings is 1. The van der Waals surface area contributed by atoms with Crippen LogP contribution in [0.1, 0.15) is 22.7 Å². The van der Waals surface area contributed by atoms with E-state index in [1.165, 1.54) is 17.7 Å². The van der Waals surface area contributed by atoms with Gasteiger partial charge in [-0.1, -0.05) is 6.07 Å². The summed E-state index contributed by atoms with van der Waals surface area (Å²) in [6, 6.07) is 6.72. The van der Waals surface area contributed by atoms with Crippen molar-refractivity contribution in [2.45, 2.75) is 19.1 Å². The van der Waals surface area contributed by atoms with Crippen molar-refractivity contribution < 1.29 is 9.18 Å². The molecule has 0 fully saturated rings. The van der Waals surface area contributed by atoms with E-state index in [9.17, 15) is 9.18 Å². The highest BCUT2D eigenvalue weighted by atomic mass is 32.1. The van der Waals surface area contributed by atoms with E-state index >= 15 is 0 Å². The molecule has 2 N–H and O–H groups in total. The maximum atomic E-state index is 13.2. The van der Waals surface area contributed by atoms with Gasteiger partial charge in [0, 0.05) is 19.6 Å². The Kier molecular flexibility index (Phi) is 4.40. The first-order valence-corrected chi connectivity index (χ1v) is 8.11. The molecule has 2 heterocycles. The first-order chi connectivity index (χ1) is 10.7.